The van der Waals surface area contributed by atoms with Gasteiger partial charge in [0.25, 0.3) is 11.8 Å². The molecule has 0 N–H and O–H groups in total. The molecule has 2 atom stereocenters. The van der Waals surface area contributed by atoms with E-state index in [0.717, 1.165) is 16.2 Å². The van der Waals surface area contributed by atoms with Crippen LogP contribution in [0, 0.1) is 0 Å². The van der Waals surface area contributed by atoms with Crippen LogP contribution in [0.4, 0.5) is 5.69 Å². The van der Waals surface area contributed by atoms with Gasteiger partial charge in [0.15, 0.2) is 12.1 Å². The van der Waals surface area contributed by atoms with Crippen LogP contribution in [0.1, 0.15) is 19.7 Å². The molecule has 1 saturated heterocycles. The van der Waals surface area contributed by atoms with Gasteiger partial charge in [0, 0.05) is 23.8 Å². The Morgan fingerprint density at radius 3 is 2.31 bits per heavy atom. The molecule has 0 spiro atoms. The number of carbonyl (C=O) groups excluding carboxylic acids is 2. The second-order valence-corrected chi connectivity index (χ2v) is 8.48. The Balaban J connectivity index is 1.33. The van der Waals surface area contributed by atoms with Gasteiger partial charge in [0.2, 0.25) is 11.7 Å². The van der Waals surface area contributed by atoms with Crippen LogP contribution in [0.5, 0.6) is 17.2 Å². The maximum atomic E-state index is 13.3. The van der Waals surface area contributed by atoms with Gasteiger partial charge in [-0.25, -0.2) is 4.90 Å². The fourth-order valence-electron chi connectivity index (χ4n) is 4.06. The van der Waals surface area contributed by atoms with Gasteiger partial charge >= 0.3 is 0 Å². The van der Waals surface area contributed by atoms with Crippen molar-refractivity contribution in [2.75, 3.05) is 19.1 Å². The summed E-state index contributed by atoms with van der Waals surface area (Å²) in [6, 6.07) is 10.3. The van der Waals surface area contributed by atoms with Crippen molar-refractivity contribution in [2.45, 2.75) is 38.6 Å². The summed E-state index contributed by atoms with van der Waals surface area (Å²) in [4.78, 5) is 31.9. The number of hydrogen-bond donors (Lipinski definition) is 0. The highest BCUT2D eigenvalue weighted by Crippen LogP contribution is 2.36. The van der Waals surface area contributed by atoms with E-state index >= 15 is 0 Å². The average Bonchev–Trinajstić information content (AvgIpc) is 3.57. The van der Waals surface area contributed by atoms with Crippen molar-refractivity contribution in [1.82, 2.24) is 15.1 Å². The Morgan fingerprint density at radius 1 is 0.972 bits per heavy atom. The molecular weight excluding hydrogens is 468 g/mol. The second-order valence-electron chi connectivity index (χ2n) is 8.48. The minimum atomic E-state index is -0.967. The second kappa shape index (κ2) is 9.29. The highest BCUT2D eigenvalue weighted by Gasteiger charge is 2.55. The minimum Gasteiger partial charge on any atom is -0.497 e. The summed E-state index contributed by atoms with van der Waals surface area (Å²) < 4.78 is 21.6. The van der Waals surface area contributed by atoms with Gasteiger partial charge in [0.1, 0.15) is 23.8 Å². The summed E-state index contributed by atoms with van der Waals surface area (Å²) >= 11 is 0. The molecule has 2 aliphatic rings. The van der Waals surface area contributed by atoms with Crippen molar-refractivity contribution in [3.05, 3.63) is 48.4 Å². The predicted octanol–water partition coefficient (Wildman–Crippen LogP) is 3.03. The number of carbonyl (C=O) groups is 2. The number of hydrogen-bond acceptors (Lipinski definition) is 11. The lowest BCUT2D eigenvalue weighted by Gasteiger charge is -2.20. The van der Waals surface area contributed by atoms with E-state index in [4.69, 9.17) is 18.7 Å². The van der Waals surface area contributed by atoms with Gasteiger partial charge in [-0.05, 0) is 38.1 Å². The van der Waals surface area contributed by atoms with Crippen molar-refractivity contribution in [1.29, 1.82) is 0 Å². The lowest BCUT2D eigenvalue weighted by molar-refractivity contribution is -0.123. The Kier molecular flexibility index (Phi) is 6.00. The third kappa shape index (κ3) is 4.21. The van der Waals surface area contributed by atoms with E-state index in [9.17, 15) is 9.59 Å². The molecule has 0 saturated carbocycles. The van der Waals surface area contributed by atoms with Gasteiger partial charge in [0.05, 0.1) is 26.0 Å². The van der Waals surface area contributed by atoms with Crippen molar-refractivity contribution < 1.29 is 28.3 Å². The first kappa shape index (κ1) is 23.3. The van der Waals surface area contributed by atoms with E-state index in [1.807, 2.05) is 38.1 Å². The quantitative estimate of drug-likeness (QED) is 0.435. The summed E-state index contributed by atoms with van der Waals surface area (Å²) in [7, 11) is 2.98. The first-order valence-corrected chi connectivity index (χ1v) is 11.3. The van der Waals surface area contributed by atoms with Crippen LogP contribution in [0.3, 0.4) is 0 Å². The molecule has 12 heteroatoms. The number of aromatic nitrogens is 2. The molecule has 0 bridgehead atoms. The van der Waals surface area contributed by atoms with Gasteiger partial charge < -0.3 is 18.7 Å². The molecule has 186 valence electrons. The van der Waals surface area contributed by atoms with E-state index < -0.39 is 23.9 Å². The van der Waals surface area contributed by atoms with E-state index in [0.29, 0.717) is 23.0 Å². The molecule has 2 aromatic carbocycles. The molecule has 5 rings (SSSR count). The molecule has 0 unspecified atom stereocenters. The van der Waals surface area contributed by atoms with Crippen LogP contribution in [0.15, 0.2) is 57.3 Å². The molecule has 1 fully saturated rings. The van der Waals surface area contributed by atoms with Crippen molar-refractivity contribution >= 4 is 17.5 Å². The fourth-order valence-corrected chi connectivity index (χ4v) is 4.06. The molecule has 12 nitrogen and oxygen atoms in total. The summed E-state index contributed by atoms with van der Waals surface area (Å²) in [6.45, 7) is 3.92. The third-order valence-electron chi connectivity index (χ3n) is 5.70. The number of methoxy groups -OCH3 is 2. The standard InChI is InChI=1S/C24H24N6O6/c1-13(2)35-16-7-5-14(6-8-16)22-25-19(36-27-22)12-29-21-20(26-28-29)23(31)30(24(21)32)15-9-17(33-3)11-18(10-15)34-4/h5-11,13,20-21H,12H2,1-4H3/t20-,21-/m0/s1. The molecule has 1 aromatic heterocycles. The maximum Gasteiger partial charge on any atom is 0.263 e. The highest BCUT2D eigenvalue weighted by atomic mass is 16.5. The van der Waals surface area contributed by atoms with E-state index in [2.05, 4.69) is 20.5 Å². The molecule has 36 heavy (non-hydrogen) atoms. The van der Waals surface area contributed by atoms with E-state index in [-0.39, 0.29) is 18.5 Å². The molecule has 3 heterocycles. The smallest absolute Gasteiger partial charge is 0.263 e. The molecule has 3 aromatic rings. The molecule has 0 radical (unpaired) electrons. The zero-order valence-corrected chi connectivity index (χ0v) is 20.1. The van der Waals surface area contributed by atoms with Crippen molar-refractivity contribution in [3.63, 3.8) is 0 Å². The summed E-state index contributed by atoms with van der Waals surface area (Å²) in [5, 5.41) is 13.5. The average molecular weight is 492 g/mol. The van der Waals surface area contributed by atoms with Crippen molar-refractivity contribution in [2.24, 2.45) is 10.3 Å². The van der Waals surface area contributed by atoms with Gasteiger partial charge in [-0.15, -0.1) is 0 Å². The first-order chi connectivity index (χ1) is 17.4. The number of amides is 2. The number of ether oxygens (including phenoxy) is 3. The zero-order chi connectivity index (χ0) is 25.4. The van der Waals surface area contributed by atoms with E-state index in [1.54, 1.807) is 18.2 Å². The first-order valence-electron chi connectivity index (χ1n) is 11.3. The predicted molar refractivity (Wildman–Crippen MR) is 126 cm³/mol. The Labute approximate surface area is 206 Å². The lowest BCUT2D eigenvalue weighted by atomic mass is 10.1. The largest absolute Gasteiger partial charge is 0.497 e. The Hall–Kier alpha value is -4.48. The van der Waals surface area contributed by atoms with Crippen LogP contribution in [0.25, 0.3) is 11.4 Å². The van der Waals surface area contributed by atoms with Crippen LogP contribution in [-0.2, 0) is 16.1 Å². The van der Waals surface area contributed by atoms with Gasteiger partial charge in [-0.1, -0.05) is 10.4 Å². The Bertz CT molecular complexity index is 1300. The van der Waals surface area contributed by atoms with Gasteiger partial charge in [-0.3, -0.25) is 14.6 Å². The lowest BCUT2D eigenvalue weighted by Crippen LogP contribution is -2.39. The van der Waals surface area contributed by atoms with E-state index in [1.165, 1.54) is 19.2 Å². The number of nitrogens with zero attached hydrogens (tertiary/aromatic N) is 6. The summed E-state index contributed by atoms with van der Waals surface area (Å²) in [6.07, 6.45) is 0.0677. The van der Waals surface area contributed by atoms with Crippen LogP contribution in [0.2, 0.25) is 0 Å². The molecule has 2 aliphatic heterocycles. The number of benzene rings is 2. The number of imide groups is 1. The SMILES string of the molecule is COc1cc(OC)cc(N2C(=O)[C@H]3N=NN(Cc4nc(-c5ccc(OC(C)C)cc5)no4)[C@@H]3C2=O)c1. The van der Waals surface area contributed by atoms with Crippen molar-refractivity contribution in [3.8, 4) is 28.6 Å². The van der Waals surface area contributed by atoms with Crippen LogP contribution < -0.4 is 19.1 Å². The Morgan fingerprint density at radius 2 is 1.67 bits per heavy atom. The molecular formula is C24H24N6O6. The topological polar surface area (TPSA) is 132 Å². The van der Waals surface area contributed by atoms with Gasteiger partial charge in [-0.2, -0.15) is 10.1 Å². The van der Waals surface area contributed by atoms with Crippen LogP contribution in [-0.4, -0.2) is 59.4 Å². The summed E-state index contributed by atoms with van der Waals surface area (Å²) in [5.41, 5.74) is 1.07. The van der Waals surface area contributed by atoms with Crippen LogP contribution >= 0.6 is 0 Å². The number of anilines is 1. The minimum absolute atomic E-state index is 0.0144. The zero-order valence-electron chi connectivity index (χ0n) is 20.1. The maximum absolute atomic E-state index is 13.3. The number of fused-ring (bicyclic) bond motifs is 1. The monoisotopic (exact) mass is 492 g/mol. The third-order valence-corrected chi connectivity index (χ3v) is 5.70. The number of rotatable bonds is 8. The highest BCUT2D eigenvalue weighted by molar-refractivity contribution is 6.25. The fraction of sp³-hybridized carbons (Fsp3) is 0.333. The molecule has 2 amide bonds. The normalized spacial score (nSPS) is 18.8. The summed E-state index contributed by atoms with van der Waals surface area (Å²) in [5.74, 6) is 1.29. The molecule has 0 aliphatic carbocycles.